The van der Waals surface area contributed by atoms with Gasteiger partial charge in [0.2, 0.25) is 5.43 Å². The Morgan fingerprint density at radius 3 is 2.63 bits per heavy atom. The lowest BCUT2D eigenvalue weighted by molar-refractivity contribution is 0.0750. The number of pyridine rings is 1. The van der Waals surface area contributed by atoms with E-state index in [1.54, 1.807) is 17.3 Å². The highest BCUT2D eigenvalue weighted by atomic mass is 16.2. The molecule has 3 aromatic rings. The minimum absolute atomic E-state index is 0.203. The molecule has 27 heavy (non-hydrogen) atoms. The third-order valence-corrected chi connectivity index (χ3v) is 4.80. The number of rotatable bonds is 5. The van der Waals surface area contributed by atoms with Gasteiger partial charge in [-0.3, -0.25) is 14.3 Å². The highest BCUT2D eigenvalue weighted by Crippen LogP contribution is 2.15. The smallest absolute Gasteiger partial charge is 0.259 e. The molecule has 0 saturated heterocycles. The molecule has 3 rings (SSSR count). The van der Waals surface area contributed by atoms with Gasteiger partial charge in [-0.15, -0.1) is 0 Å². The maximum Gasteiger partial charge on any atom is 0.259 e. The zero-order valence-corrected chi connectivity index (χ0v) is 16.6. The standard InChI is InChI=1S/C21H26N4O2/c1-6-24(11-16-10-22-25(12-16)14(2)3)21(27)18-13-23(5)19-8-7-15(4)9-17(19)20(18)26/h7-10,12-14H,6,11H2,1-5H3. The summed E-state index contributed by atoms with van der Waals surface area (Å²) in [6, 6.07) is 5.99. The first-order chi connectivity index (χ1) is 12.8. The van der Waals surface area contributed by atoms with Crippen LogP contribution in [0.15, 0.2) is 41.6 Å². The van der Waals surface area contributed by atoms with Crippen LogP contribution >= 0.6 is 0 Å². The molecule has 0 saturated carbocycles. The summed E-state index contributed by atoms with van der Waals surface area (Å²) in [6.07, 6.45) is 5.36. The fourth-order valence-corrected chi connectivity index (χ4v) is 3.22. The van der Waals surface area contributed by atoms with Gasteiger partial charge in [-0.1, -0.05) is 11.6 Å². The van der Waals surface area contributed by atoms with Gasteiger partial charge in [-0.25, -0.2) is 0 Å². The molecule has 0 atom stereocenters. The third kappa shape index (κ3) is 3.65. The predicted molar refractivity (Wildman–Crippen MR) is 107 cm³/mol. The van der Waals surface area contributed by atoms with Crippen molar-refractivity contribution in [3.63, 3.8) is 0 Å². The molecule has 1 aromatic carbocycles. The molecule has 2 heterocycles. The van der Waals surface area contributed by atoms with Crippen molar-refractivity contribution in [3.8, 4) is 0 Å². The molecule has 142 valence electrons. The molecule has 0 radical (unpaired) electrons. The zero-order valence-electron chi connectivity index (χ0n) is 16.6. The molecule has 0 N–H and O–H groups in total. The number of aryl methyl sites for hydroxylation is 2. The van der Waals surface area contributed by atoms with Gasteiger partial charge < -0.3 is 9.47 Å². The normalized spacial score (nSPS) is 11.3. The van der Waals surface area contributed by atoms with Gasteiger partial charge in [0, 0.05) is 49.5 Å². The van der Waals surface area contributed by atoms with E-state index in [9.17, 15) is 9.59 Å². The first kappa shape index (κ1) is 18.9. The number of amides is 1. The second-order valence-electron chi connectivity index (χ2n) is 7.25. The summed E-state index contributed by atoms with van der Waals surface area (Å²) in [5.41, 5.74) is 2.76. The molecule has 0 unspecified atom stereocenters. The SMILES string of the molecule is CCN(Cc1cnn(C(C)C)c1)C(=O)c1cn(C)c2ccc(C)cc2c1=O. The van der Waals surface area contributed by atoms with E-state index in [4.69, 9.17) is 0 Å². The van der Waals surface area contributed by atoms with Gasteiger partial charge in [-0.05, 0) is 39.8 Å². The van der Waals surface area contributed by atoms with Gasteiger partial charge >= 0.3 is 0 Å². The third-order valence-electron chi connectivity index (χ3n) is 4.80. The van der Waals surface area contributed by atoms with Crippen LogP contribution in [-0.2, 0) is 13.6 Å². The average Bonchev–Trinajstić information content (AvgIpc) is 3.11. The number of hydrogen-bond donors (Lipinski definition) is 0. The summed E-state index contributed by atoms with van der Waals surface area (Å²) < 4.78 is 3.71. The Hall–Kier alpha value is -2.89. The lowest BCUT2D eigenvalue weighted by Crippen LogP contribution is -2.34. The number of fused-ring (bicyclic) bond motifs is 1. The van der Waals surface area contributed by atoms with Gasteiger partial charge in [-0.2, -0.15) is 5.10 Å². The van der Waals surface area contributed by atoms with E-state index in [0.29, 0.717) is 18.5 Å². The summed E-state index contributed by atoms with van der Waals surface area (Å²) in [7, 11) is 1.86. The van der Waals surface area contributed by atoms with Gasteiger partial charge in [0.1, 0.15) is 5.56 Å². The van der Waals surface area contributed by atoms with Crippen molar-refractivity contribution < 1.29 is 4.79 Å². The molecular weight excluding hydrogens is 340 g/mol. The number of aromatic nitrogens is 3. The largest absolute Gasteiger partial charge is 0.350 e. The highest BCUT2D eigenvalue weighted by molar-refractivity contribution is 5.97. The molecule has 2 aromatic heterocycles. The number of hydrogen-bond acceptors (Lipinski definition) is 3. The van der Waals surface area contributed by atoms with Crippen LogP contribution in [0.4, 0.5) is 0 Å². The molecular formula is C21H26N4O2. The van der Waals surface area contributed by atoms with Crippen LogP contribution in [0, 0.1) is 6.92 Å². The molecule has 0 aliphatic carbocycles. The minimum Gasteiger partial charge on any atom is -0.350 e. The van der Waals surface area contributed by atoms with Gasteiger partial charge in [0.25, 0.3) is 5.91 Å². The Kier molecular flexibility index (Phi) is 5.17. The van der Waals surface area contributed by atoms with Crippen molar-refractivity contribution in [2.75, 3.05) is 6.54 Å². The fraction of sp³-hybridized carbons (Fsp3) is 0.381. The molecule has 0 bridgehead atoms. The predicted octanol–water partition coefficient (Wildman–Crippen LogP) is 3.29. The molecule has 6 nitrogen and oxygen atoms in total. The maximum absolute atomic E-state index is 13.1. The Bertz CT molecular complexity index is 1050. The van der Waals surface area contributed by atoms with E-state index >= 15 is 0 Å². The van der Waals surface area contributed by atoms with Crippen molar-refractivity contribution >= 4 is 16.8 Å². The summed E-state index contributed by atoms with van der Waals surface area (Å²) in [5.74, 6) is -0.251. The molecule has 0 aliphatic rings. The van der Waals surface area contributed by atoms with Crippen LogP contribution in [-0.4, -0.2) is 31.7 Å². The Morgan fingerprint density at radius 2 is 2.00 bits per heavy atom. The van der Waals surface area contributed by atoms with E-state index in [2.05, 4.69) is 18.9 Å². The van der Waals surface area contributed by atoms with E-state index in [-0.39, 0.29) is 22.9 Å². The first-order valence-corrected chi connectivity index (χ1v) is 9.24. The topological polar surface area (TPSA) is 60.1 Å². The van der Waals surface area contributed by atoms with Crippen LogP contribution in [0.25, 0.3) is 10.9 Å². The summed E-state index contributed by atoms with van der Waals surface area (Å²) in [5, 5.41) is 4.91. The van der Waals surface area contributed by atoms with Crippen molar-refractivity contribution in [2.45, 2.75) is 40.3 Å². The van der Waals surface area contributed by atoms with E-state index < -0.39 is 0 Å². The van der Waals surface area contributed by atoms with Crippen molar-refractivity contribution in [1.29, 1.82) is 0 Å². The van der Waals surface area contributed by atoms with Crippen LogP contribution in [0.3, 0.4) is 0 Å². The molecule has 0 aliphatic heterocycles. The zero-order chi connectivity index (χ0) is 19.7. The number of benzene rings is 1. The van der Waals surface area contributed by atoms with Crippen molar-refractivity contribution in [3.05, 3.63) is 63.7 Å². The number of nitrogens with zero attached hydrogens (tertiary/aromatic N) is 4. The van der Waals surface area contributed by atoms with Crippen molar-refractivity contribution in [1.82, 2.24) is 19.2 Å². The quantitative estimate of drug-likeness (QED) is 0.696. The Morgan fingerprint density at radius 1 is 1.26 bits per heavy atom. The molecule has 1 amide bonds. The van der Waals surface area contributed by atoms with E-state index in [1.807, 2.05) is 54.5 Å². The van der Waals surface area contributed by atoms with Crippen LogP contribution in [0.5, 0.6) is 0 Å². The van der Waals surface area contributed by atoms with Crippen molar-refractivity contribution in [2.24, 2.45) is 7.05 Å². The fourth-order valence-electron chi connectivity index (χ4n) is 3.22. The molecule has 0 spiro atoms. The van der Waals surface area contributed by atoms with Crippen LogP contribution in [0.2, 0.25) is 0 Å². The van der Waals surface area contributed by atoms with Crippen LogP contribution in [0.1, 0.15) is 48.3 Å². The number of carbonyl (C=O) groups excluding carboxylic acids is 1. The highest BCUT2D eigenvalue weighted by Gasteiger charge is 2.20. The van der Waals surface area contributed by atoms with E-state index in [1.165, 1.54) is 0 Å². The summed E-state index contributed by atoms with van der Waals surface area (Å²) >= 11 is 0. The first-order valence-electron chi connectivity index (χ1n) is 9.24. The van der Waals surface area contributed by atoms with E-state index in [0.717, 1.165) is 16.6 Å². The second-order valence-corrected chi connectivity index (χ2v) is 7.25. The lowest BCUT2D eigenvalue weighted by Gasteiger charge is -2.21. The minimum atomic E-state index is -0.251. The Labute approximate surface area is 159 Å². The van der Waals surface area contributed by atoms with Gasteiger partial charge in [0.15, 0.2) is 0 Å². The Balaban J connectivity index is 1.97. The summed E-state index contributed by atoms with van der Waals surface area (Å²) in [4.78, 5) is 27.8. The maximum atomic E-state index is 13.1. The number of carbonyl (C=O) groups is 1. The van der Waals surface area contributed by atoms with Gasteiger partial charge in [0.05, 0.1) is 11.7 Å². The molecule has 6 heteroatoms. The van der Waals surface area contributed by atoms with Crippen LogP contribution < -0.4 is 5.43 Å². The average molecular weight is 366 g/mol. The monoisotopic (exact) mass is 366 g/mol. The molecule has 0 fully saturated rings. The lowest BCUT2D eigenvalue weighted by atomic mass is 10.1. The second kappa shape index (κ2) is 7.39. The summed E-state index contributed by atoms with van der Waals surface area (Å²) in [6.45, 7) is 8.91.